The number of hydrogen-bond acceptors (Lipinski definition) is 3. The summed E-state index contributed by atoms with van der Waals surface area (Å²) in [6.07, 6.45) is 3.38. The number of aryl methyl sites for hydroxylation is 1. The van der Waals surface area contributed by atoms with E-state index in [1.54, 1.807) is 37.5 Å². The number of rotatable bonds is 3. The number of fused-ring (bicyclic) bond motifs is 1. The Balaban J connectivity index is 1.79. The molecule has 1 amide bonds. The standard InChI is InChI=1S/C22H16FN3O/c1-14-12-16(6-7-19(14)23)25-22(27)18-13-21(15-8-10-24-11-9-15)26-20-5-3-2-4-17(18)20/h2-13H,1H3,(H,25,27). The van der Waals surface area contributed by atoms with Gasteiger partial charge in [0.15, 0.2) is 0 Å². The lowest BCUT2D eigenvalue weighted by Gasteiger charge is -2.11. The van der Waals surface area contributed by atoms with E-state index in [1.807, 2.05) is 36.4 Å². The number of anilines is 1. The van der Waals surface area contributed by atoms with Crippen LogP contribution >= 0.6 is 0 Å². The van der Waals surface area contributed by atoms with Gasteiger partial charge in [-0.3, -0.25) is 9.78 Å². The van der Waals surface area contributed by atoms with Crippen LogP contribution in [0.25, 0.3) is 22.2 Å². The highest BCUT2D eigenvalue weighted by atomic mass is 19.1. The minimum absolute atomic E-state index is 0.269. The predicted molar refractivity (Wildman–Crippen MR) is 104 cm³/mol. The Labute approximate surface area is 155 Å². The van der Waals surface area contributed by atoms with E-state index < -0.39 is 0 Å². The molecule has 0 unspecified atom stereocenters. The maximum atomic E-state index is 13.5. The second-order valence-electron chi connectivity index (χ2n) is 6.23. The molecule has 0 spiro atoms. The molecule has 4 aromatic rings. The van der Waals surface area contributed by atoms with Gasteiger partial charge in [0, 0.05) is 29.0 Å². The molecule has 0 radical (unpaired) electrons. The van der Waals surface area contributed by atoms with E-state index in [2.05, 4.69) is 15.3 Å². The molecule has 0 aliphatic carbocycles. The maximum absolute atomic E-state index is 13.5. The molecular weight excluding hydrogens is 341 g/mol. The lowest BCUT2D eigenvalue weighted by Crippen LogP contribution is -2.13. The van der Waals surface area contributed by atoms with Crippen LogP contribution in [0, 0.1) is 12.7 Å². The number of hydrogen-bond donors (Lipinski definition) is 1. The normalized spacial score (nSPS) is 10.7. The summed E-state index contributed by atoms with van der Waals surface area (Å²) in [5, 5.41) is 3.61. The highest BCUT2D eigenvalue weighted by molar-refractivity contribution is 6.13. The van der Waals surface area contributed by atoms with Crippen LogP contribution in [0.15, 0.2) is 73.1 Å². The molecule has 0 aliphatic heterocycles. The van der Waals surface area contributed by atoms with E-state index in [4.69, 9.17) is 0 Å². The Morgan fingerprint density at radius 2 is 1.78 bits per heavy atom. The molecule has 0 saturated heterocycles. The molecule has 0 aliphatic rings. The van der Waals surface area contributed by atoms with Crippen LogP contribution < -0.4 is 5.32 Å². The Kier molecular flexibility index (Phi) is 4.34. The van der Waals surface area contributed by atoms with E-state index >= 15 is 0 Å². The maximum Gasteiger partial charge on any atom is 0.256 e. The Morgan fingerprint density at radius 3 is 2.56 bits per heavy atom. The predicted octanol–water partition coefficient (Wildman–Crippen LogP) is 5.00. The number of carbonyl (C=O) groups excluding carboxylic acids is 1. The fourth-order valence-corrected chi connectivity index (χ4v) is 2.95. The third kappa shape index (κ3) is 3.40. The summed E-state index contributed by atoms with van der Waals surface area (Å²) in [5.41, 5.74) is 3.83. The Bertz CT molecular complexity index is 1140. The number of benzene rings is 2. The quantitative estimate of drug-likeness (QED) is 0.561. The average molecular weight is 357 g/mol. The molecule has 0 saturated carbocycles. The van der Waals surface area contributed by atoms with Crippen molar-refractivity contribution in [2.45, 2.75) is 6.92 Å². The van der Waals surface area contributed by atoms with Crippen LogP contribution in [-0.4, -0.2) is 15.9 Å². The van der Waals surface area contributed by atoms with Crippen molar-refractivity contribution >= 4 is 22.5 Å². The lowest BCUT2D eigenvalue weighted by atomic mass is 10.0. The first-order valence-corrected chi connectivity index (χ1v) is 8.49. The third-order valence-electron chi connectivity index (χ3n) is 4.35. The topological polar surface area (TPSA) is 54.9 Å². The van der Waals surface area contributed by atoms with E-state index in [0.717, 1.165) is 16.5 Å². The minimum Gasteiger partial charge on any atom is -0.322 e. The van der Waals surface area contributed by atoms with Crippen LogP contribution in [0.2, 0.25) is 0 Å². The Hall–Kier alpha value is -3.60. The highest BCUT2D eigenvalue weighted by Gasteiger charge is 2.14. The largest absolute Gasteiger partial charge is 0.322 e. The number of para-hydroxylation sites is 1. The molecule has 5 heteroatoms. The van der Waals surface area contributed by atoms with Crippen molar-refractivity contribution < 1.29 is 9.18 Å². The molecule has 0 fully saturated rings. The smallest absolute Gasteiger partial charge is 0.256 e. The second-order valence-corrected chi connectivity index (χ2v) is 6.23. The molecule has 4 nitrogen and oxygen atoms in total. The summed E-state index contributed by atoms with van der Waals surface area (Å²) >= 11 is 0. The minimum atomic E-state index is -0.303. The van der Waals surface area contributed by atoms with Gasteiger partial charge in [-0.2, -0.15) is 0 Å². The molecule has 132 valence electrons. The van der Waals surface area contributed by atoms with Crippen molar-refractivity contribution in [2.24, 2.45) is 0 Å². The zero-order valence-corrected chi connectivity index (χ0v) is 14.6. The second kappa shape index (κ2) is 6.96. The van der Waals surface area contributed by atoms with Crippen LogP contribution in [0.5, 0.6) is 0 Å². The van der Waals surface area contributed by atoms with Crippen molar-refractivity contribution in [1.29, 1.82) is 0 Å². The zero-order valence-electron chi connectivity index (χ0n) is 14.6. The molecule has 1 N–H and O–H groups in total. The van der Waals surface area contributed by atoms with Crippen LogP contribution in [0.3, 0.4) is 0 Å². The first-order valence-electron chi connectivity index (χ1n) is 8.49. The number of aromatic nitrogens is 2. The molecular formula is C22H16FN3O. The molecule has 27 heavy (non-hydrogen) atoms. The molecule has 4 rings (SSSR count). The summed E-state index contributed by atoms with van der Waals surface area (Å²) < 4.78 is 13.5. The monoisotopic (exact) mass is 357 g/mol. The lowest BCUT2D eigenvalue weighted by molar-refractivity contribution is 0.102. The average Bonchev–Trinajstić information content (AvgIpc) is 2.70. The van der Waals surface area contributed by atoms with Crippen molar-refractivity contribution in [3.05, 3.63) is 90.0 Å². The summed E-state index contributed by atoms with van der Waals surface area (Å²) in [6.45, 7) is 1.66. The summed E-state index contributed by atoms with van der Waals surface area (Å²) in [6, 6.07) is 17.5. The molecule has 2 aromatic heterocycles. The fourth-order valence-electron chi connectivity index (χ4n) is 2.95. The van der Waals surface area contributed by atoms with E-state index in [1.165, 1.54) is 6.07 Å². The number of carbonyl (C=O) groups is 1. The van der Waals surface area contributed by atoms with Gasteiger partial charge in [0.25, 0.3) is 5.91 Å². The van der Waals surface area contributed by atoms with Gasteiger partial charge in [-0.1, -0.05) is 18.2 Å². The van der Waals surface area contributed by atoms with Crippen LogP contribution in [-0.2, 0) is 0 Å². The number of halogens is 1. The molecule has 0 bridgehead atoms. The van der Waals surface area contributed by atoms with Gasteiger partial charge in [-0.25, -0.2) is 9.37 Å². The van der Waals surface area contributed by atoms with Gasteiger partial charge in [-0.05, 0) is 55.0 Å². The van der Waals surface area contributed by atoms with Gasteiger partial charge in [0.2, 0.25) is 0 Å². The van der Waals surface area contributed by atoms with Crippen molar-refractivity contribution in [3.63, 3.8) is 0 Å². The molecule has 0 atom stereocenters. The number of nitrogens with one attached hydrogen (secondary N) is 1. The summed E-state index contributed by atoms with van der Waals surface area (Å²) in [5.74, 6) is -0.572. The number of pyridine rings is 2. The van der Waals surface area contributed by atoms with Crippen molar-refractivity contribution in [1.82, 2.24) is 9.97 Å². The van der Waals surface area contributed by atoms with E-state index in [0.29, 0.717) is 22.5 Å². The summed E-state index contributed by atoms with van der Waals surface area (Å²) in [4.78, 5) is 21.7. The van der Waals surface area contributed by atoms with Gasteiger partial charge in [-0.15, -0.1) is 0 Å². The van der Waals surface area contributed by atoms with E-state index in [9.17, 15) is 9.18 Å². The van der Waals surface area contributed by atoms with Crippen LogP contribution in [0.1, 0.15) is 15.9 Å². The SMILES string of the molecule is Cc1cc(NC(=O)c2cc(-c3ccncc3)nc3ccccc23)ccc1F. The number of nitrogens with zero attached hydrogens (tertiary/aromatic N) is 2. The van der Waals surface area contributed by atoms with Gasteiger partial charge in [0.05, 0.1) is 16.8 Å². The van der Waals surface area contributed by atoms with Crippen molar-refractivity contribution in [2.75, 3.05) is 5.32 Å². The first-order chi connectivity index (χ1) is 13.1. The molecule has 2 heterocycles. The van der Waals surface area contributed by atoms with Gasteiger partial charge >= 0.3 is 0 Å². The Morgan fingerprint density at radius 1 is 1.00 bits per heavy atom. The first kappa shape index (κ1) is 16.8. The highest BCUT2D eigenvalue weighted by Crippen LogP contribution is 2.25. The van der Waals surface area contributed by atoms with Crippen molar-refractivity contribution in [3.8, 4) is 11.3 Å². The van der Waals surface area contributed by atoms with Gasteiger partial charge < -0.3 is 5.32 Å². The summed E-state index contributed by atoms with van der Waals surface area (Å²) in [7, 11) is 0. The van der Waals surface area contributed by atoms with E-state index in [-0.39, 0.29) is 11.7 Å². The van der Waals surface area contributed by atoms with Crippen LogP contribution in [0.4, 0.5) is 10.1 Å². The third-order valence-corrected chi connectivity index (χ3v) is 4.35. The van der Waals surface area contributed by atoms with Gasteiger partial charge in [0.1, 0.15) is 5.82 Å². The molecule has 2 aromatic carbocycles. The fraction of sp³-hybridized carbons (Fsp3) is 0.0455. The number of amides is 1. The zero-order chi connectivity index (χ0) is 18.8.